The van der Waals surface area contributed by atoms with Gasteiger partial charge in [0.25, 0.3) is 0 Å². The summed E-state index contributed by atoms with van der Waals surface area (Å²) in [4.78, 5) is 16.8. The van der Waals surface area contributed by atoms with Gasteiger partial charge in [-0.05, 0) is 36.8 Å². The zero-order valence-electron chi connectivity index (χ0n) is 9.92. The topological polar surface area (TPSA) is 33.2 Å². The van der Waals surface area contributed by atoms with Gasteiger partial charge in [0.15, 0.2) is 6.29 Å². The molecule has 3 heteroatoms. The van der Waals surface area contributed by atoms with E-state index in [-0.39, 0.29) is 0 Å². The summed E-state index contributed by atoms with van der Waals surface area (Å²) in [6.07, 6.45) is 2.37. The second-order valence-corrected chi connectivity index (χ2v) is 3.97. The zero-order valence-corrected chi connectivity index (χ0v) is 9.92. The molecule has 0 radical (unpaired) electrons. The van der Waals surface area contributed by atoms with Gasteiger partial charge >= 0.3 is 0 Å². The quantitative estimate of drug-likeness (QED) is 0.754. The van der Waals surface area contributed by atoms with Crippen molar-refractivity contribution < 1.29 is 4.79 Å². The molecule has 0 amide bonds. The Morgan fingerprint density at radius 3 is 2.65 bits per heavy atom. The zero-order chi connectivity index (χ0) is 12.3. The molecule has 0 unspecified atom stereocenters. The second kappa shape index (κ2) is 4.78. The Morgan fingerprint density at radius 1 is 1.24 bits per heavy atom. The number of hydrogen-bond acceptors (Lipinski definition) is 3. The van der Waals surface area contributed by atoms with Crippen molar-refractivity contribution in [3.05, 3.63) is 53.7 Å². The molecule has 0 aliphatic rings. The van der Waals surface area contributed by atoms with E-state index < -0.39 is 0 Å². The van der Waals surface area contributed by atoms with Crippen LogP contribution in [0.2, 0.25) is 0 Å². The first kappa shape index (κ1) is 11.3. The fraction of sp³-hybridized carbons (Fsp3) is 0.143. The lowest BCUT2D eigenvalue weighted by molar-refractivity contribution is 0.112. The van der Waals surface area contributed by atoms with Gasteiger partial charge in [0, 0.05) is 24.5 Å². The van der Waals surface area contributed by atoms with Crippen molar-refractivity contribution in [3.63, 3.8) is 0 Å². The number of hydrogen-bond donors (Lipinski definition) is 0. The first-order valence-corrected chi connectivity index (χ1v) is 5.42. The maximum atomic E-state index is 10.5. The van der Waals surface area contributed by atoms with Crippen molar-refractivity contribution >= 4 is 17.8 Å². The highest BCUT2D eigenvalue weighted by atomic mass is 16.1. The summed E-state index contributed by atoms with van der Waals surface area (Å²) in [5.41, 5.74) is 2.88. The molecule has 0 aliphatic carbocycles. The van der Waals surface area contributed by atoms with E-state index in [4.69, 9.17) is 0 Å². The number of aromatic nitrogens is 1. The first-order chi connectivity index (χ1) is 8.20. The predicted octanol–water partition coefficient (Wildman–Crippen LogP) is 2.97. The van der Waals surface area contributed by atoms with Gasteiger partial charge in [-0.3, -0.25) is 4.79 Å². The lowest BCUT2D eigenvalue weighted by Gasteiger charge is -2.18. The predicted molar refractivity (Wildman–Crippen MR) is 68.9 cm³/mol. The highest BCUT2D eigenvalue weighted by molar-refractivity contribution is 5.75. The van der Waals surface area contributed by atoms with E-state index in [2.05, 4.69) is 24.0 Å². The fourth-order valence-electron chi connectivity index (χ4n) is 1.63. The Kier molecular flexibility index (Phi) is 3.19. The smallest absolute Gasteiger partial charge is 0.151 e. The summed E-state index contributed by atoms with van der Waals surface area (Å²) >= 11 is 0. The van der Waals surface area contributed by atoms with Crippen molar-refractivity contribution in [2.45, 2.75) is 6.92 Å². The molecule has 0 bridgehead atoms. The van der Waals surface area contributed by atoms with E-state index in [0.717, 1.165) is 17.8 Å². The molecule has 2 aromatic rings. The molecule has 0 fully saturated rings. The SMILES string of the molecule is Cc1cccc(N(C)c2ccc(C=O)cn2)c1. The molecule has 0 atom stereocenters. The van der Waals surface area contributed by atoms with E-state index in [1.807, 2.05) is 30.1 Å². The minimum Gasteiger partial charge on any atom is -0.329 e. The molecule has 1 heterocycles. The minimum atomic E-state index is 0.589. The van der Waals surface area contributed by atoms with Gasteiger partial charge < -0.3 is 4.90 Å². The van der Waals surface area contributed by atoms with Crippen LogP contribution in [0.5, 0.6) is 0 Å². The molecular weight excluding hydrogens is 212 g/mol. The first-order valence-electron chi connectivity index (χ1n) is 5.42. The molecule has 2 rings (SSSR count). The molecule has 86 valence electrons. The number of rotatable bonds is 3. The number of nitrogens with zero attached hydrogens (tertiary/aromatic N) is 2. The lowest BCUT2D eigenvalue weighted by Crippen LogP contribution is -2.11. The Balaban J connectivity index is 2.29. The van der Waals surface area contributed by atoms with E-state index in [1.165, 1.54) is 5.56 Å². The molecule has 1 aromatic carbocycles. The number of anilines is 2. The Labute approximate surface area is 101 Å². The highest BCUT2D eigenvalue weighted by Crippen LogP contribution is 2.22. The number of aryl methyl sites for hydroxylation is 1. The molecule has 1 aromatic heterocycles. The van der Waals surface area contributed by atoms with Gasteiger partial charge in [-0.25, -0.2) is 4.98 Å². The number of carbonyl (C=O) groups excluding carboxylic acids is 1. The van der Waals surface area contributed by atoms with Crippen LogP contribution in [0.3, 0.4) is 0 Å². The van der Waals surface area contributed by atoms with E-state index >= 15 is 0 Å². The molecule has 0 saturated carbocycles. The van der Waals surface area contributed by atoms with Crippen LogP contribution >= 0.6 is 0 Å². The van der Waals surface area contributed by atoms with Crippen LogP contribution < -0.4 is 4.90 Å². The third-order valence-electron chi connectivity index (χ3n) is 2.64. The molecule has 0 spiro atoms. The van der Waals surface area contributed by atoms with Crippen molar-refractivity contribution in [1.82, 2.24) is 4.98 Å². The van der Waals surface area contributed by atoms with Gasteiger partial charge in [0.05, 0.1) is 0 Å². The molecule has 0 N–H and O–H groups in total. The maximum Gasteiger partial charge on any atom is 0.151 e. The number of carbonyl (C=O) groups is 1. The minimum absolute atomic E-state index is 0.589. The summed E-state index contributed by atoms with van der Waals surface area (Å²) in [5.74, 6) is 0.821. The number of benzene rings is 1. The van der Waals surface area contributed by atoms with E-state index in [9.17, 15) is 4.79 Å². The summed E-state index contributed by atoms with van der Waals surface area (Å²) in [6, 6.07) is 11.8. The average molecular weight is 226 g/mol. The molecule has 0 saturated heterocycles. The molecule has 3 nitrogen and oxygen atoms in total. The number of aldehydes is 1. The third-order valence-corrected chi connectivity index (χ3v) is 2.64. The van der Waals surface area contributed by atoms with Crippen molar-refractivity contribution in [1.29, 1.82) is 0 Å². The van der Waals surface area contributed by atoms with Crippen molar-refractivity contribution in [2.75, 3.05) is 11.9 Å². The van der Waals surface area contributed by atoms with Crippen LogP contribution in [0, 0.1) is 6.92 Å². The second-order valence-electron chi connectivity index (χ2n) is 3.97. The number of pyridine rings is 1. The summed E-state index contributed by atoms with van der Waals surface area (Å²) in [5, 5.41) is 0. The van der Waals surface area contributed by atoms with Crippen LogP contribution in [0.1, 0.15) is 15.9 Å². The summed E-state index contributed by atoms with van der Waals surface area (Å²) in [7, 11) is 1.96. The average Bonchev–Trinajstić information content (AvgIpc) is 2.38. The summed E-state index contributed by atoms with van der Waals surface area (Å²) in [6.45, 7) is 2.06. The van der Waals surface area contributed by atoms with Crippen molar-refractivity contribution in [2.24, 2.45) is 0 Å². The molecule has 17 heavy (non-hydrogen) atoms. The lowest BCUT2D eigenvalue weighted by atomic mass is 10.2. The van der Waals surface area contributed by atoms with Crippen LogP contribution in [0.25, 0.3) is 0 Å². The Hall–Kier alpha value is -2.16. The maximum absolute atomic E-state index is 10.5. The van der Waals surface area contributed by atoms with Gasteiger partial charge in [0.2, 0.25) is 0 Å². The van der Waals surface area contributed by atoms with Gasteiger partial charge in [-0.15, -0.1) is 0 Å². The van der Waals surface area contributed by atoms with E-state index in [0.29, 0.717) is 5.56 Å². The highest BCUT2D eigenvalue weighted by Gasteiger charge is 2.04. The van der Waals surface area contributed by atoms with Crippen LogP contribution in [0.15, 0.2) is 42.6 Å². The monoisotopic (exact) mass is 226 g/mol. The standard InChI is InChI=1S/C14H14N2O/c1-11-4-3-5-13(8-11)16(2)14-7-6-12(10-17)9-15-14/h3-10H,1-2H3. The van der Waals surface area contributed by atoms with Crippen LogP contribution in [-0.2, 0) is 0 Å². The van der Waals surface area contributed by atoms with Gasteiger partial charge in [0.1, 0.15) is 5.82 Å². The van der Waals surface area contributed by atoms with Crippen LogP contribution in [-0.4, -0.2) is 18.3 Å². The van der Waals surface area contributed by atoms with E-state index in [1.54, 1.807) is 12.3 Å². The Bertz CT molecular complexity index is 520. The third kappa shape index (κ3) is 2.50. The van der Waals surface area contributed by atoms with Crippen LogP contribution in [0.4, 0.5) is 11.5 Å². The molecular formula is C14H14N2O. The van der Waals surface area contributed by atoms with Gasteiger partial charge in [-0.1, -0.05) is 12.1 Å². The largest absolute Gasteiger partial charge is 0.329 e. The van der Waals surface area contributed by atoms with Crippen molar-refractivity contribution in [3.8, 4) is 0 Å². The normalized spacial score (nSPS) is 10.0. The van der Waals surface area contributed by atoms with Gasteiger partial charge in [-0.2, -0.15) is 0 Å². The Morgan fingerprint density at radius 2 is 2.06 bits per heavy atom. The summed E-state index contributed by atoms with van der Waals surface area (Å²) < 4.78 is 0. The molecule has 0 aliphatic heterocycles. The fourth-order valence-corrected chi connectivity index (χ4v) is 1.63.